The lowest BCUT2D eigenvalue weighted by molar-refractivity contribution is 1.11. The molecule has 4 nitrogen and oxygen atoms in total. The third kappa shape index (κ3) is 3.30. The van der Waals surface area contributed by atoms with E-state index in [2.05, 4.69) is 16.4 Å². The summed E-state index contributed by atoms with van der Waals surface area (Å²) in [5.74, 6) is 0.686. The molecular formula is C19H16N4. The van der Waals surface area contributed by atoms with Gasteiger partial charge in [0.25, 0.3) is 0 Å². The molecule has 4 heteroatoms. The Morgan fingerprint density at radius 3 is 2.52 bits per heavy atom. The molecular weight excluding hydrogens is 284 g/mol. The van der Waals surface area contributed by atoms with Gasteiger partial charge in [-0.1, -0.05) is 42.5 Å². The van der Waals surface area contributed by atoms with Crippen molar-refractivity contribution in [3.05, 3.63) is 78.0 Å². The van der Waals surface area contributed by atoms with Gasteiger partial charge in [-0.3, -0.25) is 0 Å². The topological polar surface area (TPSA) is 74.7 Å². The highest BCUT2D eigenvalue weighted by molar-refractivity contribution is 5.70. The highest BCUT2D eigenvalue weighted by atomic mass is 15.0. The average Bonchev–Trinajstić information content (AvgIpc) is 2.61. The molecule has 0 atom stereocenters. The molecule has 3 aromatic rings. The summed E-state index contributed by atoms with van der Waals surface area (Å²) in [5.41, 5.74) is 10.3. The van der Waals surface area contributed by atoms with Gasteiger partial charge in [0.2, 0.25) is 0 Å². The standard InChI is InChI=1S/C19H16N4/c20-12-16-4-1-2-5-17(16)15-9-7-14(8-10-15)13-23-19-18(21)6-3-11-22-19/h1-11H,13,21H2,(H,22,23). The zero-order valence-electron chi connectivity index (χ0n) is 12.5. The lowest BCUT2D eigenvalue weighted by Gasteiger charge is -2.09. The second-order valence-corrected chi connectivity index (χ2v) is 5.15. The predicted octanol–water partition coefficient (Wildman–Crippen LogP) is 3.81. The van der Waals surface area contributed by atoms with Crippen molar-refractivity contribution in [1.82, 2.24) is 4.98 Å². The molecule has 1 heterocycles. The number of anilines is 2. The summed E-state index contributed by atoms with van der Waals surface area (Å²) in [6, 6.07) is 21.6. The summed E-state index contributed by atoms with van der Waals surface area (Å²) >= 11 is 0. The summed E-state index contributed by atoms with van der Waals surface area (Å²) < 4.78 is 0. The summed E-state index contributed by atoms with van der Waals surface area (Å²) in [5, 5.41) is 12.4. The summed E-state index contributed by atoms with van der Waals surface area (Å²) in [6.45, 7) is 0.640. The lowest BCUT2D eigenvalue weighted by atomic mass is 9.99. The molecule has 0 aliphatic carbocycles. The quantitative estimate of drug-likeness (QED) is 0.768. The van der Waals surface area contributed by atoms with Crippen LogP contribution < -0.4 is 11.1 Å². The molecule has 0 bridgehead atoms. The van der Waals surface area contributed by atoms with Gasteiger partial charge in [0.15, 0.2) is 0 Å². The molecule has 0 aliphatic heterocycles. The van der Waals surface area contributed by atoms with Gasteiger partial charge in [0.05, 0.1) is 17.3 Å². The first-order valence-corrected chi connectivity index (χ1v) is 7.31. The first kappa shape index (κ1) is 14.6. The zero-order chi connectivity index (χ0) is 16.1. The molecule has 3 rings (SSSR count). The fraction of sp³-hybridized carbons (Fsp3) is 0.0526. The van der Waals surface area contributed by atoms with Gasteiger partial charge in [-0.05, 0) is 34.9 Å². The van der Waals surface area contributed by atoms with Crippen molar-refractivity contribution in [2.24, 2.45) is 0 Å². The van der Waals surface area contributed by atoms with E-state index in [9.17, 15) is 5.26 Å². The van der Waals surface area contributed by atoms with Crippen molar-refractivity contribution in [2.45, 2.75) is 6.54 Å². The number of benzene rings is 2. The van der Waals surface area contributed by atoms with Crippen LogP contribution in [0.2, 0.25) is 0 Å². The van der Waals surface area contributed by atoms with Crippen molar-refractivity contribution < 1.29 is 0 Å². The van der Waals surface area contributed by atoms with Crippen LogP contribution in [-0.2, 0) is 6.54 Å². The van der Waals surface area contributed by atoms with Crippen molar-refractivity contribution in [3.8, 4) is 17.2 Å². The number of nitrogens with one attached hydrogen (secondary N) is 1. The Bertz CT molecular complexity index is 848. The fourth-order valence-corrected chi connectivity index (χ4v) is 2.39. The van der Waals surface area contributed by atoms with Gasteiger partial charge in [-0.15, -0.1) is 0 Å². The minimum Gasteiger partial charge on any atom is -0.396 e. The number of hydrogen-bond acceptors (Lipinski definition) is 4. The number of nitrogen functional groups attached to an aromatic ring is 1. The van der Waals surface area contributed by atoms with E-state index < -0.39 is 0 Å². The van der Waals surface area contributed by atoms with E-state index in [0.29, 0.717) is 23.6 Å². The minimum atomic E-state index is 0.632. The molecule has 0 fully saturated rings. The van der Waals surface area contributed by atoms with Crippen LogP contribution in [0.5, 0.6) is 0 Å². The summed E-state index contributed by atoms with van der Waals surface area (Å²) in [7, 11) is 0. The molecule has 1 aromatic heterocycles. The third-order valence-corrected chi connectivity index (χ3v) is 3.61. The van der Waals surface area contributed by atoms with Gasteiger partial charge in [-0.2, -0.15) is 5.26 Å². The highest BCUT2D eigenvalue weighted by Crippen LogP contribution is 2.24. The van der Waals surface area contributed by atoms with Gasteiger partial charge in [0, 0.05) is 12.7 Å². The monoisotopic (exact) mass is 300 g/mol. The maximum absolute atomic E-state index is 9.19. The molecule has 0 radical (unpaired) electrons. The molecule has 0 saturated carbocycles. The van der Waals surface area contributed by atoms with Crippen molar-refractivity contribution >= 4 is 11.5 Å². The van der Waals surface area contributed by atoms with E-state index in [0.717, 1.165) is 16.7 Å². The number of aromatic nitrogens is 1. The van der Waals surface area contributed by atoms with E-state index in [1.165, 1.54) is 0 Å². The number of nitrogens with zero attached hydrogens (tertiary/aromatic N) is 2. The van der Waals surface area contributed by atoms with Gasteiger partial charge >= 0.3 is 0 Å². The zero-order valence-corrected chi connectivity index (χ0v) is 12.5. The van der Waals surface area contributed by atoms with Crippen molar-refractivity contribution in [1.29, 1.82) is 5.26 Å². The fourth-order valence-electron chi connectivity index (χ4n) is 2.39. The molecule has 0 amide bonds. The van der Waals surface area contributed by atoms with Crippen LogP contribution in [0.4, 0.5) is 11.5 Å². The lowest BCUT2D eigenvalue weighted by Crippen LogP contribution is -2.04. The van der Waals surface area contributed by atoms with Crippen LogP contribution in [0.25, 0.3) is 11.1 Å². The Morgan fingerprint density at radius 2 is 1.78 bits per heavy atom. The van der Waals surface area contributed by atoms with E-state index in [-0.39, 0.29) is 0 Å². The van der Waals surface area contributed by atoms with Crippen LogP contribution in [0.15, 0.2) is 66.9 Å². The number of pyridine rings is 1. The Hall–Kier alpha value is -3.32. The smallest absolute Gasteiger partial charge is 0.149 e. The third-order valence-electron chi connectivity index (χ3n) is 3.61. The summed E-state index contributed by atoms with van der Waals surface area (Å²) in [4.78, 5) is 4.21. The number of nitrogens with two attached hydrogens (primary N) is 1. The molecule has 0 spiro atoms. The number of rotatable bonds is 4. The van der Waals surface area contributed by atoms with Gasteiger partial charge < -0.3 is 11.1 Å². The predicted molar refractivity (Wildman–Crippen MR) is 92.6 cm³/mol. The van der Waals surface area contributed by atoms with E-state index in [1.54, 1.807) is 6.20 Å². The van der Waals surface area contributed by atoms with Crippen LogP contribution in [0, 0.1) is 11.3 Å². The normalized spacial score (nSPS) is 10.0. The Labute approximate surface area is 135 Å². The van der Waals surface area contributed by atoms with Gasteiger partial charge in [-0.25, -0.2) is 4.98 Å². The highest BCUT2D eigenvalue weighted by Gasteiger charge is 2.04. The molecule has 0 aliphatic rings. The maximum Gasteiger partial charge on any atom is 0.149 e. The molecule has 0 saturated heterocycles. The van der Waals surface area contributed by atoms with Crippen LogP contribution in [-0.4, -0.2) is 4.98 Å². The first-order chi connectivity index (χ1) is 11.3. The van der Waals surface area contributed by atoms with Crippen molar-refractivity contribution in [2.75, 3.05) is 11.1 Å². The Kier molecular flexibility index (Phi) is 4.21. The maximum atomic E-state index is 9.19. The molecule has 3 N–H and O–H groups in total. The number of nitriles is 1. The van der Waals surface area contributed by atoms with Crippen LogP contribution >= 0.6 is 0 Å². The van der Waals surface area contributed by atoms with Crippen LogP contribution in [0.1, 0.15) is 11.1 Å². The Balaban J connectivity index is 1.75. The second-order valence-electron chi connectivity index (χ2n) is 5.15. The molecule has 0 unspecified atom stereocenters. The van der Waals surface area contributed by atoms with E-state index >= 15 is 0 Å². The van der Waals surface area contributed by atoms with E-state index in [1.807, 2.05) is 60.7 Å². The number of hydrogen-bond donors (Lipinski definition) is 2. The largest absolute Gasteiger partial charge is 0.396 e. The molecule has 23 heavy (non-hydrogen) atoms. The molecule has 112 valence electrons. The average molecular weight is 300 g/mol. The molecule has 2 aromatic carbocycles. The Morgan fingerprint density at radius 1 is 1.00 bits per heavy atom. The first-order valence-electron chi connectivity index (χ1n) is 7.31. The minimum absolute atomic E-state index is 0.632. The van der Waals surface area contributed by atoms with Gasteiger partial charge in [0.1, 0.15) is 5.82 Å². The van der Waals surface area contributed by atoms with E-state index in [4.69, 9.17) is 5.73 Å². The second kappa shape index (κ2) is 6.63. The summed E-state index contributed by atoms with van der Waals surface area (Å²) in [6.07, 6.45) is 1.71. The SMILES string of the molecule is N#Cc1ccccc1-c1ccc(CNc2ncccc2N)cc1. The van der Waals surface area contributed by atoms with Crippen LogP contribution in [0.3, 0.4) is 0 Å². The van der Waals surface area contributed by atoms with Crippen molar-refractivity contribution in [3.63, 3.8) is 0 Å².